The minimum absolute atomic E-state index is 0.155. The van der Waals surface area contributed by atoms with Gasteiger partial charge in [-0.1, -0.05) is 36.4 Å². The average molecular weight is 321 g/mol. The summed E-state index contributed by atoms with van der Waals surface area (Å²) in [6.07, 6.45) is 3.73. The summed E-state index contributed by atoms with van der Waals surface area (Å²) in [7, 11) is 0. The van der Waals surface area contributed by atoms with E-state index in [0.717, 1.165) is 16.6 Å². The van der Waals surface area contributed by atoms with E-state index in [9.17, 15) is 9.90 Å². The molecule has 3 rings (SSSR count). The van der Waals surface area contributed by atoms with E-state index in [4.69, 9.17) is 9.84 Å². The number of hydrogen-bond donors (Lipinski definition) is 2. The average Bonchev–Trinajstić information content (AvgIpc) is 2.59. The van der Waals surface area contributed by atoms with Crippen molar-refractivity contribution in [1.82, 2.24) is 4.98 Å². The van der Waals surface area contributed by atoms with E-state index in [2.05, 4.69) is 4.98 Å². The molecule has 2 N–H and O–H groups in total. The maximum atomic E-state index is 10.5. The van der Waals surface area contributed by atoms with Gasteiger partial charge in [0, 0.05) is 5.39 Å². The van der Waals surface area contributed by atoms with Gasteiger partial charge in [0.05, 0.1) is 5.69 Å². The number of aromatic hydroxyl groups is 1. The van der Waals surface area contributed by atoms with Crippen LogP contribution in [0.4, 0.5) is 0 Å². The van der Waals surface area contributed by atoms with Crippen molar-refractivity contribution in [1.29, 1.82) is 0 Å². The normalized spacial score (nSPS) is 11.0. The lowest BCUT2D eigenvalue weighted by molar-refractivity contribution is -0.139. The highest BCUT2D eigenvalue weighted by Gasteiger charge is 2.01. The highest BCUT2D eigenvalue weighted by molar-refractivity contribution is 5.85. The number of para-hydroxylation sites is 1. The standard InChI is InChI=1S/C19H15NO4/c21-17-3-1-2-14-7-9-15(20-19(14)17)8-4-13-5-10-16(11-6-13)24-12-18(22)23/h1-11,21H,12H2,(H,22,23)/b8-4+. The molecule has 0 saturated carbocycles. The monoisotopic (exact) mass is 321 g/mol. The van der Waals surface area contributed by atoms with Crippen molar-refractivity contribution in [3.63, 3.8) is 0 Å². The highest BCUT2D eigenvalue weighted by atomic mass is 16.5. The SMILES string of the molecule is O=C(O)COc1ccc(/C=C/c2ccc3cccc(O)c3n2)cc1. The van der Waals surface area contributed by atoms with E-state index in [1.807, 2.05) is 42.5 Å². The predicted molar refractivity (Wildman–Crippen MR) is 91.9 cm³/mol. The van der Waals surface area contributed by atoms with Crippen LogP contribution >= 0.6 is 0 Å². The van der Waals surface area contributed by atoms with Crippen molar-refractivity contribution < 1.29 is 19.7 Å². The minimum Gasteiger partial charge on any atom is -0.506 e. The van der Waals surface area contributed by atoms with E-state index in [1.165, 1.54) is 0 Å². The van der Waals surface area contributed by atoms with Crippen LogP contribution in [0.15, 0.2) is 54.6 Å². The fraction of sp³-hybridized carbons (Fsp3) is 0.0526. The summed E-state index contributed by atoms with van der Waals surface area (Å²) in [5, 5.41) is 19.3. The number of pyridine rings is 1. The summed E-state index contributed by atoms with van der Waals surface area (Å²) in [5.41, 5.74) is 2.23. The van der Waals surface area contributed by atoms with Crippen LogP contribution in [0.1, 0.15) is 11.3 Å². The number of aromatic nitrogens is 1. The molecule has 5 nitrogen and oxygen atoms in total. The quantitative estimate of drug-likeness (QED) is 0.751. The number of carboxylic acid groups (broad SMARTS) is 1. The number of aliphatic carboxylic acids is 1. The van der Waals surface area contributed by atoms with Gasteiger partial charge in [0.15, 0.2) is 6.61 Å². The van der Waals surface area contributed by atoms with Gasteiger partial charge >= 0.3 is 5.97 Å². The summed E-state index contributed by atoms with van der Waals surface area (Å²) in [6, 6.07) is 16.1. The molecule has 120 valence electrons. The van der Waals surface area contributed by atoms with Crippen molar-refractivity contribution in [3.8, 4) is 11.5 Å². The first-order valence-electron chi connectivity index (χ1n) is 7.33. The third kappa shape index (κ3) is 3.70. The molecule has 0 aliphatic heterocycles. The van der Waals surface area contributed by atoms with Crippen LogP contribution in [0.3, 0.4) is 0 Å². The Morgan fingerprint density at radius 1 is 1.04 bits per heavy atom. The smallest absolute Gasteiger partial charge is 0.341 e. The molecule has 1 aromatic heterocycles. The van der Waals surface area contributed by atoms with Gasteiger partial charge in [-0.3, -0.25) is 0 Å². The summed E-state index contributed by atoms with van der Waals surface area (Å²) < 4.78 is 5.08. The summed E-state index contributed by atoms with van der Waals surface area (Å²) in [5.74, 6) is -0.351. The Morgan fingerprint density at radius 3 is 2.58 bits per heavy atom. The predicted octanol–water partition coefficient (Wildman–Crippen LogP) is 3.57. The first-order valence-corrected chi connectivity index (χ1v) is 7.33. The van der Waals surface area contributed by atoms with Gasteiger partial charge in [-0.25, -0.2) is 9.78 Å². The Hall–Kier alpha value is -3.34. The first kappa shape index (κ1) is 15.6. The summed E-state index contributed by atoms with van der Waals surface area (Å²) in [4.78, 5) is 14.9. The molecule has 3 aromatic rings. The van der Waals surface area contributed by atoms with Crippen LogP contribution in [-0.4, -0.2) is 27.8 Å². The molecule has 1 heterocycles. The molecule has 0 fully saturated rings. The van der Waals surface area contributed by atoms with Gasteiger partial charge < -0.3 is 14.9 Å². The van der Waals surface area contributed by atoms with Crippen molar-refractivity contribution in [2.45, 2.75) is 0 Å². The lowest BCUT2D eigenvalue weighted by Gasteiger charge is -2.03. The number of benzene rings is 2. The summed E-state index contributed by atoms with van der Waals surface area (Å²) >= 11 is 0. The lowest BCUT2D eigenvalue weighted by Crippen LogP contribution is -2.09. The molecular formula is C19H15NO4. The Labute approximate surface area is 138 Å². The fourth-order valence-corrected chi connectivity index (χ4v) is 2.24. The summed E-state index contributed by atoms with van der Waals surface area (Å²) in [6.45, 7) is -0.361. The maximum absolute atomic E-state index is 10.5. The zero-order chi connectivity index (χ0) is 16.9. The number of rotatable bonds is 5. The number of hydrogen-bond acceptors (Lipinski definition) is 4. The second kappa shape index (κ2) is 6.83. The molecule has 0 spiro atoms. The molecule has 0 radical (unpaired) electrons. The van der Waals surface area contributed by atoms with Crippen molar-refractivity contribution >= 4 is 29.0 Å². The van der Waals surface area contributed by atoms with Crippen molar-refractivity contribution in [2.24, 2.45) is 0 Å². The molecular weight excluding hydrogens is 306 g/mol. The molecule has 0 aliphatic carbocycles. The van der Waals surface area contributed by atoms with Crippen LogP contribution in [0, 0.1) is 0 Å². The zero-order valence-electron chi connectivity index (χ0n) is 12.7. The van der Waals surface area contributed by atoms with Gasteiger partial charge in [0.1, 0.15) is 17.0 Å². The van der Waals surface area contributed by atoms with E-state index < -0.39 is 5.97 Å². The Kier molecular flexibility index (Phi) is 4.43. The molecule has 2 aromatic carbocycles. The van der Waals surface area contributed by atoms with E-state index in [0.29, 0.717) is 11.3 Å². The Bertz CT molecular complexity index is 901. The zero-order valence-corrected chi connectivity index (χ0v) is 12.7. The maximum Gasteiger partial charge on any atom is 0.341 e. The molecule has 0 aliphatic rings. The van der Waals surface area contributed by atoms with Crippen molar-refractivity contribution in [2.75, 3.05) is 6.61 Å². The number of nitrogens with zero attached hydrogens (tertiary/aromatic N) is 1. The van der Waals surface area contributed by atoms with E-state index in [1.54, 1.807) is 24.3 Å². The van der Waals surface area contributed by atoms with Crippen LogP contribution < -0.4 is 4.74 Å². The van der Waals surface area contributed by atoms with Gasteiger partial charge in [0.2, 0.25) is 0 Å². The first-order chi connectivity index (χ1) is 11.6. The number of carboxylic acids is 1. The van der Waals surface area contributed by atoms with Crippen molar-refractivity contribution in [3.05, 3.63) is 65.9 Å². The number of fused-ring (bicyclic) bond motifs is 1. The van der Waals surface area contributed by atoms with Crippen LogP contribution in [0.2, 0.25) is 0 Å². The Morgan fingerprint density at radius 2 is 1.83 bits per heavy atom. The topological polar surface area (TPSA) is 79.7 Å². The number of phenols is 1. The lowest BCUT2D eigenvalue weighted by atomic mass is 10.1. The molecule has 0 amide bonds. The van der Waals surface area contributed by atoms with Crippen LogP contribution in [-0.2, 0) is 4.79 Å². The van der Waals surface area contributed by atoms with Gasteiger partial charge in [-0.2, -0.15) is 0 Å². The number of carbonyl (C=O) groups is 1. The van der Waals surface area contributed by atoms with Crippen LogP contribution in [0.25, 0.3) is 23.1 Å². The molecule has 24 heavy (non-hydrogen) atoms. The second-order valence-electron chi connectivity index (χ2n) is 5.17. The number of ether oxygens (including phenoxy) is 1. The Balaban J connectivity index is 1.75. The van der Waals surface area contributed by atoms with Gasteiger partial charge in [-0.05, 0) is 35.9 Å². The molecule has 5 heteroatoms. The van der Waals surface area contributed by atoms with Crippen LogP contribution in [0.5, 0.6) is 11.5 Å². The largest absolute Gasteiger partial charge is 0.506 e. The van der Waals surface area contributed by atoms with E-state index in [-0.39, 0.29) is 12.4 Å². The highest BCUT2D eigenvalue weighted by Crippen LogP contribution is 2.23. The fourth-order valence-electron chi connectivity index (χ4n) is 2.24. The van der Waals surface area contributed by atoms with Gasteiger partial charge in [-0.15, -0.1) is 0 Å². The third-order valence-electron chi connectivity index (χ3n) is 3.41. The molecule has 0 atom stereocenters. The minimum atomic E-state index is -1.01. The number of phenolic OH excluding ortho intramolecular Hbond substituents is 1. The third-order valence-corrected chi connectivity index (χ3v) is 3.41. The van der Waals surface area contributed by atoms with E-state index >= 15 is 0 Å². The van der Waals surface area contributed by atoms with Gasteiger partial charge in [0.25, 0.3) is 0 Å². The molecule has 0 bridgehead atoms. The second-order valence-corrected chi connectivity index (χ2v) is 5.17. The molecule has 0 saturated heterocycles. The molecule has 0 unspecified atom stereocenters.